The predicted molar refractivity (Wildman–Crippen MR) is 98.4 cm³/mol. The van der Waals surface area contributed by atoms with Crippen molar-refractivity contribution in [2.24, 2.45) is 10.2 Å². The zero-order valence-electron chi connectivity index (χ0n) is 13.7. The predicted octanol–water partition coefficient (Wildman–Crippen LogP) is 2.95. The highest BCUT2D eigenvalue weighted by Gasteiger charge is 2.37. The second kappa shape index (κ2) is 6.40. The molecule has 1 unspecified atom stereocenters. The molecule has 2 heterocycles. The van der Waals surface area contributed by atoms with Crippen LogP contribution in [0.25, 0.3) is 5.57 Å². The van der Waals surface area contributed by atoms with Crippen molar-refractivity contribution in [3.63, 3.8) is 0 Å². The zero-order chi connectivity index (χ0) is 18.1. The zero-order valence-corrected chi connectivity index (χ0v) is 13.7. The van der Waals surface area contributed by atoms with Gasteiger partial charge in [-0.3, -0.25) is 4.79 Å². The smallest absolute Gasteiger partial charge is 0.200 e. The van der Waals surface area contributed by atoms with E-state index in [2.05, 4.69) is 15.5 Å². The summed E-state index contributed by atoms with van der Waals surface area (Å²) in [5.74, 6) is -0.220. The third kappa shape index (κ3) is 2.82. The van der Waals surface area contributed by atoms with E-state index in [1.807, 2.05) is 30.3 Å². The minimum Gasteiger partial charge on any atom is -0.508 e. The van der Waals surface area contributed by atoms with Crippen molar-refractivity contribution < 1.29 is 9.90 Å². The van der Waals surface area contributed by atoms with Crippen LogP contribution in [-0.4, -0.2) is 22.6 Å². The standard InChI is InChI=1S/C20H15N3O3/c24-14-8-6-13(7-9-14)18-15(10-12-4-2-1-3-5-12)21-19-16(25)11-17(23-26)22-20(18)19/h1-9,11,19,21,24H,10H2. The first-order valence-corrected chi connectivity index (χ1v) is 8.16. The fourth-order valence-electron chi connectivity index (χ4n) is 3.24. The third-order valence-electron chi connectivity index (χ3n) is 4.41. The van der Waals surface area contributed by atoms with E-state index in [4.69, 9.17) is 0 Å². The van der Waals surface area contributed by atoms with Gasteiger partial charge in [-0.05, 0) is 28.4 Å². The maximum atomic E-state index is 12.4. The van der Waals surface area contributed by atoms with Crippen LogP contribution in [0.1, 0.15) is 11.1 Å². The molecule has 4 rings (SSSR count). The Bertz CT molecular complexity index is 973. The second-order valence-corrected chi connectivity index (χ2v) is 6.13. The number of fused-ring (bicyclic) bond motifs is 1. The highest BCUT2D eigenvalue weighted by atomic mass is 16.3. The summed E-state index contributed by atoms with van der Waals surface area (Å²) < 4.78 is 0. The second-order valence-electron chi connectivity index (χ2n) is 6.13. The Labute approximate surface area is 149 Å². The first-order chi connectivity index (χ1) is 12.7. The van der Waals surface area contributed by atoms with Crippen molar-refractivity contribution in [1.29, 1.82) is 0 Å². The van der Waals surface area contributed by atoms with Crippen molar-refractivity contribution in [3.05, 3.63) is 88.2 Å². The van der Waals surface area contributed by atoms with Crippen LogP contribution in [0.3, 0.4) is 0 Å². The molecule has 0 saturated carbocycles. The van der Waals surface area contributed by atoms with Crippen LogP contribution in [0.4, 0.5) is 0 Å². The number of carbonyl (C=O) groups excluding carboxylic acids is 1. The van der Waals surface area contributed by atoms with Gasteiger partial charge >= 0.3 is 0 Å². The molecule has 0 aliphatic carbocycles. The van der Waals surface area contributed by atoms with E-state index in [1.54, 1.807) is 24.3 Å². The summed E-state index contributed by atoms with van der Waals surface area (Å²) in [6, 6.07) is 15.9. The summed E-state index contributed by atoms with van der Waals surface area (Å²) >= 11 is 0. The number of carbonyl (C=O) groups is 1. The highest BCUT2D eigenvalue weighted by molar-refractivity contribution is 6.37. The minimum atomic E-state index is -0.622. The summed E-state index contributed by atoms with van der Waals surface area (Å²) in [4.78, 5) is 27.6. The van der Waals surface area contributed by atoms with E-state index in [-0.39, 0.29) is 17.4 Å². The Kier molecular flexibility index (Phi) is 3.93. The van der Waals surface area contributed by atoms with Gasteiger partial charge in [-0.25, -0.2) is 4.99 Å². The first-order valence-electron chi connectivity index (χ1n) is 8.16. The normalized spacial score (nSPS) is 18.8. The Morgan fingerprint density at radius 3 is 2.50 bits per heavy atom. The monoisotopic (exact) mass is 345 g/mol. The molecule has 2 aromatic carbocycles. The number of nitroso groups, excluding NO2 is 1. The van der Waals surface area contributed by atoms with E-state index in [1.165, 1.54) is 0 Å². The van der Waals surface area contributed by atoms with Gasteiger partial charge in [0.05, 0.1) is 5.71 Å². The van der Waals surface area contributed by atoms with Gasteiger partial charge in [-0.2, -0.15) is 0 Å². The molecule has 0 spiro atoms. The topological polar surface area (TPSA) is 91.1 Å². The molecule has 0 saturated heterocycles. The lowest BCUT2D eigenvalue weighted by molar-refractivity contribution is -0.115. The summed E-state index contributed by atoms with van der Waals surface area (Å²) in [6.07, 6.45) is 1.75. The summed E-state index contributed by atoms with van der Waals surface area (Å²) in [5, 5.41) is 15.6. The molecule has 128 valence electrons. The molecule has 2 aliphatic rings. The molecule has 0 radical (unpaired) electrons. The van der Waals surface area contributed by atoms with Gasteiger partial charge in [0.1, 0.15) is 11.8 Å². The van der Waals surface area contributed by atoms with Gasteiger partial charge in [0.25, 0.3) is 0 Å². The number of hydrogen-bond donors (Lipinski definition) is 2. The average molecular weight is 345 g/mol. The van der Waals surface area contributed by atoms with Crippen LogP contribution >= 0.6 is 0 Å². The molecule has 0 fully saturated rings. The number of phenolic OH excluding ortho intramolecular Hbond substituents is 1. The quantitative estimate of drug-likeness (QED) is 0.834. The molecule has 6 heteroatoms. The molecular formula is C20H15N3O3. The van der Waals surface area contributed by atoms with E-state index >= 15 is 0 Å². The molecule has 1 atom stereocenters. The van der Waals surface area contributed by atoms with Crippen molar-refractivity contribution >= 4 is 17.1 Å². The van der Waals surface area contributed by atoms with Gasteiger partial charge in [0.2, 0.25) is 0 Å². The molecule has 26 heavy (non-hydrogen) atoms. The van der Waals surface area contributed by atoms with Gasteiger partial charge in [0, 0.05) is 23.8 Å². The molecule has 0 bridgehead atoms. The van der Waals surface area contributed by atoms with Crippen molar-refractivity contribution in [3.8, 4) is 5.75 Å². The van der Waals surface area contributed by atoms with Gasteiger partial charge < -0.3 is 10.4 Å². The molecule has 0 amide bonds. The Morgan fingerprint density at radius 2 is 1.81 bits per heavy atom. The summed E-state index contributed by atoms with van der Waals surface area (Å²) in [6.45, 7) is 0. The van der Waals surface area contributed by atoms with Gasteiger partial charge in [0.15, 0.2) is 11.6 Å². The first kappa shape index (κ1) is 16.0. The number of nitrogens with one attached hydrogen (secondary N) is 1. The fraction of sp³-hybridized carbons (Fsp3) is 0.100. The van der Waals surface area contributed by atoms with Crippen molar-refractivity contribution in [1.82, 2.24) is 5.32 Å². The Hall–Kier alpha value is -3.54. The molecule has 2 N–H and O–H groups in total. The number of allylic oxidation sites excluding steroid dienone is 1. The fourth-order valence-corrected chi connectivity index (χ4v) is 3.24. The van der Waals surface area contributed by atoms with Crippen LogP contribution in [0.2, 0.25) is 0 Å². The number of rotatable bonds is 4. The lowest BCUT2D eigenvalue weighted by atomic mass is 9.94. The number of nitrogens with zero attached hydrogens (tertiary/aromatic N) is 2. The largest absolute Gasteiger partial charge is 0.508 e. The molecule has 2 aliphatic heterocycles. The number of aromatic hydroxyl groups is 1. The minimum absolute atomic E-state index is 0.125. The van der Waals surface area contributed by atoms with Crippen LogP contribution in [-0.2, 0) is 11.2 Å². The van der Waals surface area contributed by atoms with E-state index in [0.29, 0.717) is 12.1 Å². The molecule has 2 aromatic rings. The van der Waals surface area contributed by atoms with Crippen LogP contribution in [0.15, 0.2) is 82.4 Å². The number of aliphatic imine (C=N–C) groups is 1. The van der Waals surface area contributed by atoms with E-state index in [9.17, 15) is 14.8 Å². The lowest BCUT2D eigenvalue weighted by Crippen LogP contribution is -2.38. The van der Waals surface area contributed by atoms with Crippen LogP contribution in [0.5, 0.6) is 5.75 Å². The Balaban J connectivity index is 1.84. The number of ketones is 1. The van der Waals surface area contributed by atoms with Crippen molar-refractivity contribution in [2.45, 2.75) is 12.5 Å². The lowest BCUT2D eigenvalue weighted by Gasteiger charge is -2.15. The molecule has 0 aromatic heterocycles. The van der Waals surface area contributed by atoms with E-state index in [0.717, 1.165) is 28.5 Å². The van der Waals surface area contributed by atoms with Crippen LogP contribution < -0.4 is 5.32 Å². The number of benzene rings is 2. The van der Waals surface area contributed by atoms with Gasteiger partial charge in [-0.1, -0.05) is 42.5 Å². The molecular weight excluding hydrogens is 330 g/mol. The van der Waals surface area contributed by atoms with Crippen molar-refractivity contribution in [2.75, 3.05) is 0 Å². The maximum absolute atomic E-state index is 12.4. The maximum Gasteiger partial charge on any atom is 0.200 e. The third-order valence-corrected chi connectivity index (χ3v) is 4.41. The highest BCUT2D eigenvalue weighted by Crippen LogP contribution is 2.32. The van der Waals surface area contributed by atoms with Gasteiger partial charge in [-0.15, -0.1) is 4.91 Å². The number of phenols is 1. The SMILES string of the molecule is O=NC1=CC(=O)C2NC(Cc3ccccc3)=C(c3ccc(O)cc3)C2=N1. The Morgan fingerprint density at radius 1 is 1.08 bits per heavy atom. The van der Waals surface area contributed by atoms with Crippen LogP contribution in [0, 0.1) is 4.91 Å². The molecule has 6 nitrogen and oxygen atoms in total. The average Bonchev–Trinajstić information content (AvgIpc) is 3.01. The summed E-state index contributed by atoms with van der Waals surface area (Å²) in [7, 11) is 0. The van der Waals surface area contributed by atoms with E-state index < -0.39 is 6.04 Å². The number of hydrogen-bond acceptors (Lipinski definition) is 6. The summed E-state index contributed by atoms with van der Waals surface area (Å²) in [5.41, 5.74) is 3.99.